The van der Waals surface area contributed by atoms with E-state index in [4.69, 9.17) is 23.2 Å². The van der Waals surface area contributed by atoms with Crippen LogP contribution >= 0.6 is 23.2 Å². The Labute approximate surface area is 190 Å². The van der Waals surface area contributed by atoms with Crippen molar-refractivity contribution < 1.29 is 27.9 Å². The van der Waals surface area contributed by atoms with Crippen molar-refractivity contribution in [1.29, 1.82) is 0 Å². The lowest BCUT2D eigenvalue weighted by atomic mass is 9.95. The van der Waals surface area contributed by atoms with E-state index in [-0.39, 0.29) is 32.4 Å². The number of carbonyl (C=O) groups excluding carboxylic acids is 2. The zero-order valence-corrected chi connectivity index (χ0v) is 17.5. The van der Waals surface area contributed by atoms with Crippen LogP contribution in [0.1, 0.15) is 17.2 Å². The molecule has 1 unspecified atom stereocenters. The predicted molar refractivity (Wildman–Crippen MR) is 114 cm³/mol. The normalized spacial score (nSPS) is 17.8. The molecule has 0 spiro atoms. The van der Waals surface area contributed by atoms with E-state index in [0.29, 0.717) is 0 Å². The van der Waals surface area contributed by atoms with Gasteiger partial charge in [-0.05, 0) is 48.0 Å². The molecule has 1 saturated heterocycles. The molecule has 3 aromatic rings. The number of hydrogen-bond acceptors (Lipinski definition) is 3. The van der Waals surface area contributed by atoms with Crippen molar-refractivity contribution >= 4 is 46.3 Å². The molecule has 0 saturated carbocycles. The van der Waals surface area contributed by atoms with Crippen LogP contribution in [0.25, 0.3) is 5.76 Å². The molecule has 4 nitrogen and oxygen atoms in total. The zero-order chi connectivity index (χ0) is 23.2. The molecule has 0 radical (unpaired) electrons. The maximum atomic E-state index is 13.9. The number of Topliss-reactive ketones (excluding diaryl/α,β-unsaturated/α-hetero) is 1. The van der Waals surface area contributed by atoms with E-state index in [1.165, 1.54) is 30.3 Å². The fourth-order valence-electron chi connectivity index (χ4n) is 3.49. The molecular formula is C23H12Cl2F3NO3. The Bertz CT molecular complexity index is 1290. The summed E-state index contributed by atoms with van der Waals surface area (Å²) in [6, 6.07) is 10.4. The first kappa shape index (κ1) is 21.9. The fraction of sp³-hybridized carbons (Fsp3) is 0.0435. The van der Waals surface area contributed by atoms with E-state index >= 15 is 0 Å². The van der Waals surface area contributed by atoms with Crippen LogP contribution in [0, 0.1) is 17.5 Å². The highest BCUT2D eigenvalue weighted by Crippen LogP contribution is 2.42. The monoisotopic (exact) mass is 477 g/mol. The molecule has 1 aliphatic heterocycles. The molecule has 1 fully saturated rings. The average Bonchev–Trinajstić information content (AvgIpc) is 3.03. The number of benzene rings is 3. The third-order valence-corrected chi connectivity index (χ3v) is 5.74. The zero-order valence-electron chi connectivity index (χ0n) is 16.0. The summed E-state index contributed by atoms with van der Waals surface area (Å²) in [4.78, 5) is 26.8. The average molecular weight is 478 g/mol. The molecule has 9 heteroatoms. The number of nitrogens with zero attached hydrogens (tertiary/aromatic N) is 1. The third kappa shape index (κ3) is 3.74. The molecule has 1 amide bonds. The standard InChI is InChI=1S/C23H12Cl2F3NO3/c24-15-7-3-12(9-16(15)25)21(30)19-20(11-1-4-13(26)5-2-11)29(23(32)22(19)31)14-6-8-17(27)18(28)10-14/h1-10,20,30H/b21-19+. The molecule has 32 heavy (non-hydrogen) atoms. The quantitative estimate of drug-likeness (QED) is 0.284. The highest BCUT2D eigenvalue weighted by Gasteiger charge is 2.47. The minimum absolute atomic E-state index is 0.101. The van der Waals surface area contributed by atoms with Crippen LogP contribution in [-0.4, -0.2) is 16.8 Å². The third-order valence-electron chi connectivity index (χ3n) is 5.00. The lowest BCUT2D eigenvalue weighted by Gasteiger charge is -2.25. The second-order valence-electron chi connectivity index (χ2n) is 6.95. The summed E-state index contributed by atoms with van der Waals surface area (Å²) in [5, 5.41) is 11.3. The van der Waals surface area contributed by atoms with Gasteiger partial charge in [0.15, 0.2) is 11.6 Å². The molecule has 1 atom stereocenters. The van der Waals surface area contributed by atoms with Gasteiger partial charge in [-0.1, -0.05) is 35.3 Å². The van der Waals surface area contributed by atoms with Crippen LogP contribution < -0.4 is 4.90 Å². The van der Waals surface area contributed by atoms with Gasteiger partial charge in [-0.3, -0.25) is 14.5 Å². The fourth-order valence-corrected chi connectivity index (χ4v) is 3.79. The minimum Gasteiger partial charge on any atom is -0.507 e. The number of anilines is 1. The van der Waals surface area contributed by atoms with Crippen LogP contribution in [0.5, 0.6) is 0 Å². The van der Waals surface area contributed by atoms with Gasteiger partial charge in [0.2, 0.25) is 0 Å². The number of amides is 1. The lowest BCUT2D eigenvalue weighted by molar-refractivity contribution is -0.132. The molecule has 162 valence electrons. The largest absolute Gasteiger partial charge is 0.507 e. The summed E-state index contributed by atoms with van der Waals surface area (Å²) in [7, 11) is 0. The van der Waals surface area contributed by atoms with Gasteiger partial charge in [0, 0.05) is 17.3 Å². The Morgan fingerprint density at radius 1 is 0.844 bits per heavy atom. The summed E-state index contributed by atoms with van der Waals surface area (Å²) in [6.07, 6.45) is 0. The van der Waals surface area contributed by atoms with Crippen LogP contribution in [0.15, 0.2) is 66.2 Å². The summed E-state index contributed by atoms with van der Waals surface area (Å²) < 4.78 is 40.9. The summed E-state index contributed by atoms with van der Waals surface area (Å²) >= 11 is 11.9. The van der Waals surface area contributed by atoms with E-state index in [1.807, 2.05) is 0 Å². The van der Waals surface area contributed by atoms with Crippen molar-refractivity contribution in [2.24, 2.45) is 0 Å². The SMILES string of the molecule is O=C1C(=O)N(c2ccc(F)c(F)c2)C(c2ccc(F)cc2)/C1=C(\O)c1ccc(Cl)c(Cl)c1. The van der Waals surface area contributed by atoms with Crippen molar-refractivity contribution in [2.45, 2.75) is 6.04 Å². The second kappa shape index (κ2) is 8.33. The van der Waals surface area contributed by atoms with Crippen molar-refractivity contribution in [2.75, 3.05) is 4.90 Å². The topological polar surface area (TPSA) is 57.6 Å². The van der Waals surface area contributed by atoms with E-state index < -0.39 is 40.9 Å². The molecule has 1 N–H and O–H groups in total. The molecule has 1 heterocycles. The maximum absolute atomic E-state index is 13.9. The molecular weight excluding hydrogens is 466 g/mol. The van der Waals surface area contributed by atoms with Crippen molar-refractivity contribution in [3.05, 3.63) is 105 Å². The lowest BCUT2D eigenvalue weighted by Crippen LogP contribution is -2.29. The van der Waals surface area contributed by atoms with E-state index in [1.54, 1.807) is 0 Å². The Morgan fingerprint density at radius 3 is 2.16 bits per heavy atom. The number of aliphatic hydroxyl groups is 1. The van der Waals surface area contributed by atoms with Gasteiger partial charge in [0.25, 0.3) is 11.7 Å². The molecule has 3 aromatic carbocycles. The van der Waals surface area contributed by atoms with Crippen molar-refractivity contribution in [3.8, 4) is 0 Å². The first-order chi connectivity index (χ1) is 15.2. The van der Waals surface area contributed by atoms with Crippen molar-refractivity contribution in [1.82, 2.24) is 0 Å². The van der Waals surface area contributed by atoms with Crippen LogP contribution in [0.2, 0.25) is 10.0 Å². The van der Waals surface area contributed by atoms with Gasteiger partial charge in [-0.15, -0.1) is 0 Å². The van der Waals surface area contributed by atoms with Gasteiger partial charge in [0.1, 0.15) is 11.6 Å². The predicted octanol–water partition coefficient (Wildman–Crippen LogP) is 6.04. The van der Waals surface area contributed by atoms with Crippen LogP contribution in [0.4, 0.5) is 18.9 Å². The first-order valence-electron chi connectivity index (χ1n) is 9.16. The molecule has 4 rings (SSSR count). The number of carbonyl (C=O) groups is 2. The highest BCUT2D eigenvalue weighted by atomic mass is 35.5. The molecule has 0 aromatic heterocycles. The summed E-state index contributed by atoms with van der Waals surface area (Å²) in [5.74, 6) is -5.63. The van der Waals surface area contributed by atoms with E-state index in [0.717, 1.165) is 35.2 Å². The van der Waals surface area contributed by atoms with Gasteiger partial charge in [0.05, 0.1) is 21.7 Å². The minimum atomic E-state index is -1.24. The van der Waals surface area contributed by atoms with E-state index in [2.05, 4.69) is 0 Å². The first-order valence-corrected chi connectivity index (χ1v) is 9.91. The van der Waals surface area contributed by atoms with Gasteiger partial charge >= 0.3 is 0 Å². The number of ketones is 1. The van der Waals surface area contributed by atoms with E-state index in [9.17, 15) is 27.9 Å². The highest BCUT2D eigenvalue weighted by molar-refractivity contribution is 6.51. The number of rotatable bonds is 3. The Kier molecular flexibility index (Phi) is 5.71. The van der Waals surface area contributed by atoms with Gasteiger partial charge < -0.3 is 5.11 Å². The Hall–Kier alpha value is -3.29. The number of hydrogen-bond donors (Lipinski definition) is 1. The molecule has 1 aliphatic rings. The summed E-state index contributed by atoms with van der Waals surface area (Å²) in [5.41, 5.74) is -0.0787. The van der Waals surface area contributed by atoms with Gasteiger partial charge in [-0.25, -0.2) is 13.2 Å². The van der Waals surface area contributed by atoms with Crippen LogP contribution in [-0.2, 0) is 9.59 Å². The van der Waals surface area contributed by atoms with Crippen molar-refractivity contribution in [3.63, 3.8) is 0 Å². The summed E-state index contributed by atoms with van der Waals surface area (Å²) in [6.45, 7) is 0. The Balaban J connectivity index is 1.96. The molecule has 0 bridgehead atoms. The number of halogens is 5. The second-order valence-corrected chi connectivity index (χ2v) is 7.76. The molecule has 0 aliphatic carbocycles. The Morgan fingerprint density at radius 2 is 1.53 bits per heavy atom. The number of aliphatic hydroxyl groups excluding tert-OH is 1. The smallest absolute Gasteiger partial charge is 0.300 e. The van der Waals surface area contributed by atoms with Gasteiger partial charge in [-0.2, -0.15) is 0 Å². The van der Waals surface area contributed by atoms with Crippen LogP contribution in [0.3, 0.4) is 0 Å². The maximum Gasteiger partial charge on any atom is 0.300 e.